The third-order valence-corrected chi connectivity index (χ3v) is 3.43. The summed E-state index contributed by atoms with van der Waals surface area (Å²) in [5, 5.41) is 10.4. The molecule has 0 bridgehead atoms. The number of aromatic nitrogens is 1. The van der Waals surface area contributed by atoms with E-state index in [4.69, 9.17) is 9.26 Å². The highest BCUT2D eigenvalue weighted by molar-refractivity contribution is 14.0. The number of nitrogens with zero attached hydrogens (tertiary/aromatic N) is 3. The van der Waals surface area contributed by atoms with Gasteiger partial charge >= 0.3 is 0 Å². The first-order valence-corrected chi connectivity index (χ1v) is 8.69. The van der Waals surface area contributed by atoms with E-state index in [1.165, 1.54) is 4.90 Å². The number of rotatable bonds is 10. The van der Waals surface area contributed by atoms with Crippen LogP contribution in [0.3, 0.4) is 0 Å². The van der Waals surface area contributed by atoms with Crippen molar-refractivity contribution in [2.24, 2.45) is 4.99 Å². The summed E-state index contributed by atoms with van der Waals surface area (Å²) in [7, 11) is 3.42. The summed E-state index contributed by atoms with van der Waals surface area (Å²) in [4.78, 5) is 17.6. The van der Waals surface area contributed by atoms with Crippen molar-refractivity contribution in [3.8, 4) is 0 Å². The highest BCUT2D eigenvalue weighted by Gasteiger charge is 2.09. The Morgan fingerprint density at radius 1 is 1.38 bits per heavy atom. The molecule has 1 rings (SSSR count). The lowest BCUT2D eigenvalue weighted by atomic mass is 10.1. The fourth-order valence-corrected chi connectivity index (χ4v) is 1.84. The number of carbonyl (C=O) groups is 1. The fourth-order valence-electron chi connectivity index (χ4n) is 1.84. The highest BCUT2D eigenvalue weighted by atomic mass is 127. The Hall–Kier alpha value is -1.36. The van der Waals surface area contributed by atoms with E-state index in [1.54, 1.807) is 14.1 Å². The van der Waals surface area contributed by atoms with Gasteiger partial charge in [0.2, 0.25) is 5.91 Å². The largest absolute Gasteiger partial charge is 0.382 e. The number of hydrogen-bond acceptors (Lipinski definition) is 5. The van der Waals surface area contributed by atoms with E-state index in [9.17, 15) is 4.79 Å². The molecule has 0 aliphatic rings. The highest BCUT2D eigenvalue weighted by Crippen LogP contribution is 2.13. The number of carbonyl (C=O) groups excluding carboxylic acids is 1. The van der Waals surface area contributed by atoms with Gasteiger partial charge < -0.3 is 24.8 Å². The third kappa shape index (κ3) is 9.95. The maximum atomic E-state index is 11.7. The van der Waals surface area contributed by atoms with Gasteiger partial charge in [0.1, 0.15) is 6.54 Å². The summed E-state index contributed by atoms with van der Waals surface area (Å²) in [5.41, 5.74) is 0.919. The smallest absolute Gasteiger partial charge is 0.243 e. The van der Waals surface area contributed by atoms with Crippen molar-refractivity contribution in [2.75, 3.05) is 40.4 Å². The molecule has 1 aromatic rings. The first-order chi connectivity index (χ1) is 11.9. The summed E-state index contributed by atoms with van der Waals surface area (Å²) in [6.07, 6.45) is 0.857. The maximum Gasteiger partial charge on any atom is 0.243 e. The molecular formula is C17H32IN5O3. The monoisotopic (exact) mass is 481 g/mol. The Labute approximate surface area is 173 Å². The number of ether oxygens (including phenoxy) is 1. The average molecular weight is 481 g/mol. The van der Waals surface area contributed by atoms with E-state index in [2.05, 4.69) is 34.6 Å². The van der Waals surface area contributed by atoms with E-state index in [0.29, 0.717) is 38.2 Å². The fraction of sp³-hybridized carbons (Fsp3) is 0.706. The van der Waals surface area contributed by atoms with Gasteiger partial charge in [0.05, 0.1) is 12.2 Å². The molecule has 1 amide bonds. The molecule has 0 aliphatic heterocycles. The molecule has 0 aromatic carbocycles. The Morgan fingerprint density at radius 3 is 2.69 bits per heavy atom. The van der Waals surface area contributed by atoms with Crippen LogP contribution in [0.5, 0.6) is 0 Å². The first-order valence-electron chi connectivity index (χ1n) is 8.69. The van der Waals surface area contributed by atoms with Crippen LogP contribution in [0.4, 0.5) is 0 Å². The van der Waals surface area contributed by atoms with Crippen molar-refractivity contribution in [3.63, 3.8) is 0 Å². The molecular weight excluding hydrogens is 449 g/mol. The molecule has 8 nitrogen and oxygen atoms in total. The molecule has 0 unspecified atom stereocenters. The number of hydrogen-bond donors (Lipinski definition) is 2. The van der Waals surface area contributed by atoms with Gasteiger partial charge in [-0.15, -0.1) is 24.0 Å². The predicted octanol–water partition coefficient (Wildman–Crippen LogP) is 1.97. The van der Waals surface area contributed by atoms with Crippen molar-refractivity contribution in [1.29, 1.82) is 0 Å². The standard InChI is InChI=1S/C17H31N5O3.HI/c1-6-24-9-7-8-18-17(20-12-16(23)22(4)5)19-11-14-10-15(13(2)3)21-25-14;/h10,13H,6-9,11-12H2,1-5H3,(H2,18,19,20);1H. The molecule has 9 heteroatoms. The number of aliphatic imine (C=N–C) groups is 1. The van der Waals surface area contributed by atoms with Crippen LogP contribution in [-0.2, 0) is 16.1 Å². The van der Waals surface area contributed by atoms with Crippen molar-refractivity contribution >= 4 is 35.8 Å². The molecule has 0 saturated heterocycles. The van der Waals surface area contributed by atoms with Gasteiger partial charge in [-0.25, -0.2) is 4.99 Å². The van der Waals surface area contributed by atoms with E-state index in [0.717, 1.165) is 17.9 Å². The summed E-state index contributed by atoms with van der Waals surface area (Å²) < 4.78 is 10.6. The maximum absolute atomic E-state index is 11.7. The Morgan fingerprint density at radius 2 is 2.12 bits per heavy atom. The minimum absolute atomic E-state index is 0. The second kappa shape index (κ2) is 13.8. The van der Waals surface area contributed by atoms with Crippen LogP contribution in [0.1, 0.15) is 44.6 Å². The van der Waals surface area contributed by atoms with Crippen LogP contribution < -0.4 is 10.6 Å². The molecule has 0 aliphatic carbocycles. The molecule has 0 spiro atoms. The van der Waals surface area contributed by atoms with E-state index >= 15 is 0 Å². The van der Waals surface area contributed by atoms with Gasteiger partial charge in [-0.05, 0) is 19.3 Å². The lowest BCUT2D eigenvalue weighted by molar-refractivity contribution is -0.127. The van der Waals surface area contributed by atoms with Gasteiger partial charge in [-0.3, -0.25) is 4.79 Å². The first kappa shape index (κ1) is 24.6. The van der Waals surface area contributed by atoms with Crippen LogP contribution in [0.25, 0.3) is 0 Å². The second-order valence-electron chi connectivity index (χ2n) is 6.16. The number of amides is 1. The van der Waals surface area contributed by atoms with E-state index in [-0.39, 0.29) is 36.4 Å². The normalized spacial score (nSPS) is 11.2. The number of halogens is 1. The predicted molar refractivity (Wildman–Crippen MR) is 113 cm³/mol. The molecule has 1 heterocycles. The molecule has 26 heavy (non-hydrogen) atoms. The van der Waals surface area contributed by atoms with Crippen molar-refractivity contribution in [1.82, 2.24) is 20.7 Å². The van der Waals surface area contributed by atoms with Gasteiger partial charge in [0.25, 0.3) is 0 Å². The minimum Gasteiger partial charge on any atom is -0.382 e. The zero-order valence-corrected chi connectivity index (χ0v) is 18.7. The van der Waals surface area contributed by atoms with Crippen molar-refractivity contribution in [2.45, 2.75) is 39.7 Å². The molecule has 0 radical (unpaired) electrons. The minimum atomic E-state index is -0.0582. The number of nitrogens with one attached hydrogen (secondary N) is 2. The van der Waals surface area contributed by atoms with Crippen LogP contribution in [0, 0.1) is 0 Å². The zero-order chi connectivity index (χ0) is 18.7. The van der Waals surface area contributed by atoms with E-state index < -0.39 is 0 Å². The summed E-state index contributed by atoms with van der Waals surface area (Å²) in [6.45, 7) is 8.73. The van der Waals surface area contributed by atoms with Crippen LogP contribution in [-0.4, -0.2) is 62.3 Å². The van der Waals surface area contributed by atoms with Crippen molar-refractivity contribution in [3.05, 3.63) is 17.5 Å². The summed E-state index contributed by atoms with van der Waals surface area (Å²) in [6, 6.07) is 1.93. The van der Waals surface area contributed by atoms with Crippen LogP contribution in [0.15, 0.2) is 15.6 Å². The molecule has 1 aromatic heterocycles. The lowest BCUT2D eigenvalue weighted by Crippen LogP contribution is -2.38. The van der Waals surface area contributed by atoms with Gasteiger partial charge in [0.15, 0.2) is 11.7 Å². The van der Waals surface area contributed by atoms with Crippen molar-refractivity contribution < 1.29 is 14.1 Å². The molecule has 0 saturated carbocycles. The molecule has 0 fully saturated rings. The topological polar surface area (TPSA) is 92.0 Å². The van der Waals surface area contributed by atoms with Gasteiger partial charge in [0, 0.05) is 39.9 Å². The molecule has 0 atom stereocenters. The Balaban J connectivity index is 0.00000625. The lowest BCUT2D eigenvalue weighted by Gasteiger charge is -2.13. The quantitative estimate of drug-likeness (QED) is 0.230. The third-order valence-electron chi connectivity index (χ3n) is 3.43. The van der Waals surface area contributed by atoms with Gasteiger partial charge in [-0.2, -0.15) is 0 Å². The molecule has 150 valence electrons. The zero-order valence-electron chi connectivity index (χ0n) is 16.4. The van der Waals surface area contributed by atoms with Crippen LogP contribution in [0.2, 0.25) is 0 Å². The van der Waals surface area contributed by atoms with E-state index in [1.807, 2.05) is 13.0 Å². The van der Waals surface area contributed by atoms with Gasteiger partial charge in [-0.1, -0.05) is 19.0 Å². The molecule has 2 N–H and O–H groups in total. The summed E-state index contributed by atoms with van der Waals surface area (Å²) >= 11 is 0. The average Bonchev–Trinajstić information content (AvgIpc) is 3.05. The second-order valence-corrected chi connectivity index (χ2v) is 6.16. The summed E-state index contributed by atoms with van der Waals surface area (Å²) in [5.74, 6) is 1.55. The SMILES string of the molecule is CCOCCCNC(=NCC(=O)N(C)C)NCc1cc(C(C)C)no1.I. The Bertz CT molecular complexity index is 546. The Kier molecular flexibility index (Phi) is 13.1. The number of likely N-dealkylation sites (N-methyl/N-ethyl adjacent to an activating group) is 1. The number of guanidine groups is 1. The van der Waals surface area contributed by atoms with Crippen LogP contribution >= 0.6 is 24.0 Å².